The Labute approximate surface area is 125 Å². The van der Waals surface area contributed by atoms with E-state index in [-0.39, 0.29) is 25.0 Å². The molecule has 0 saturated heterocycles. The van der Waals surface area contributed by atoms with E-state index >= 15 is 0 Å². The smallest absolute Gasteiger partial charge is 0.317 e. The molecular weight excluding hydrogens is 298 g/mol. The zero-order chi connectivity index (χ0) is 16.5. The Bertz CT molecular complexity index is 436. The monoisotopic (exact) mass is 323 g/mol. The summed E-state index contributed by atoms with van der Waals surface area (Å²) in [4.78, 5) is 24.0. The van der Waals surface area contributed by atoms with E-state index in [2.05, 4.69) is 10.0 Å². The fourth-order valence-corrected chi connectivity index (χ4v) is 2.15. The number of nitrogens with one attached hydrogen (secondary N) is 2. The van der Waals surface area contributed by atoms with Crippen LogP contribution >= 0.6 is 0 Å². The van der Waals surface area contributed by atoms with Crippen molar-refractivity contribution in [1.29, 1.82) is 0 Å². The lowest BCUT2D eigenvalue weighted by Gasteiger charge is -2.26. The molecule has 0 spiro atoms. The van der Waals surface area contributed by atoms with Gasteiger partial charge in [-0.25, -0.2) is 17.9 Å². The standard InChI is InChI=1S/C12H25N3O5S/c1-10(2)15(9-4-6-11(16)17)12(18)13-7-5-8-14-21(3,19)20/h10,14H,4-9H2,1-3H3,(H,13,18)(H,16,17). The van der Waals surface area contributed by atoms with Crippen LogP contribution in [0.5, 0.6) is 0 Å². The Morgan fingerprint density at radius 1 is 1.19 bits per heavy atom. The average Bonchev–Trinajstić information content (AvgIpc) is 2.31. The Kier molecular flexibility index (Phi) is 8.95. The molecule has 8 nitrogen and oxygen atoms in total. The first-order chi connectivity index (χ1) is 9.63. The number of urea groups is 1. The molecule has 9 heteroatoms. The van der Waals surface area contributed by atoms with Gasteiger partial charge in [-0.15, -0.1) is 0 Å². The molecule has 0 rings (SSSR count). The molecule has 0 fully saturated rings. The van der Waals surface area contributed by atoms with Crippen LogP contribution in [-0.4, -0.2) is 62.4 Å². The third-order valence-corrected chi connectivity index (χ3v) is 3.40. The van der Waals surface area contributed by atoms with Crippen molar-refractivity contribution in [2.45, 2.75) is 39.2 Å². The van der Waals surface area contributed by atoms with Crippen molar-refractivity contribution in [3.63, 3.8) is 0 Å². The second kappa shape index (κ2) is 9.56. The minimum Gasteiger partial charge on any atom is -0.481 e. The second-order valence-electron chi connectivity index (χ2n) is 5.04. The van der Waals surface area contributed by atoms with Gasteiger partial charge in [0.25, 0.3) is 0 Å². The molecule has 124 valence electrons. The van der Waals surface area contributed by atoms with Gasteiger partial charge in [0.1, 0.15) is 0 Å². The minimum absolute atomic E-state index is 0.0226. The average molecular weight is 323 g/mol. The molecule has 0 radical (unpaired) electrons. The van der Waals surface area contributed by atoms with Gasteiger partial charge in [-0.05, 0) is 26.7 Å². The fraction of sp³-hybridized carbons (Fsp3) is 0.833. The summed E-state index contributed by atoms with van der Waals surface area (Å²) in [5, 5.41) is 11.3. The van der Waals surface area contributed by atoms with Gasteiger partial charge in [-0.3, -0.25) is 4.79 Å². The Morgan fingerprint density at radius 2 is 1.81 bits per heavy atom. The number of amides is 2. The molecule has 21 heavy (non-hydrogen) atoms. The van der Waals surface area contributed by atoms with E-state index in [4.69, 9.17) is 5.11 Å². The van der Waals surface area contributed by atoms with E-state index in [1.54, 1.807) is 4.90 Å². The summed E-state index contributed by atoms with van der Waals surface area (Å²) < 4.78 is 24.0. The van der Waals surface area contributed by atoms with Crippen molar-refractivity contribution in [1.82, 2.24) is 14.9 Å². The number of nitrogens with zero attached hydrogens (tertiary/aromatic N) is 1. The summed E-state index contributed by atoms with van der Waals surface area (Å²) in [5.74, 6) is -0.883. The summed E-state index contributed by atoms with van der Waals surface area (Å²) in [7, 11) is -3.20. The highest BCUT2D eigenvalue weighted by molar-refractivity contribution is 7.88. The fourth-order valence-electron chi connectivity index (χ4n) is 1.64. The molecule has 0 unspecified atom stereocenters. The molecule has 0 aromatic carbocycles. The largest absolute Gasteiger partial charge is 0.481 e. The number of carbonyl (C=O) groups is 2. The van der Waals surface area contributed by atoms with Gasteiger partial charge >= 0.3 is 12.0 Å². The quantitative estimate of drug-likeness (QED) is 0.497. The molecule has 0 aliphatic heterocycles. The Hall–Kier alpha value is -1.35. The number of carboxylic acid groups (broad SMARTS) is 1. The highest BCUT2D eigenvalue weighted by Crippen LogP contribution is 2.02. The van der Waals surface area contributed by atoms with Crippen molar-refractivity contribution in [3.05, 3.63) is 0 Å². The first kappa shape index (κ1) is 19.7. The summed E-state index contributed by atoms with van der Waals surface area (Å²) in [5.41, 5.74) is 0. The van der Waals surface area contributed by atoms with E-state index in [9.17, 15) is 18.0 Å². The number of carbonyl (C=O) groups excluding carboxylic acids is 1. The van der Waals surface area contributed by atoms with Crippen molar-refractivity contribution in [3.8, 4) is 0 Å². The van der Waals surface area contributed by atoms with Crippen molar-refractivity contribution in [2.75, 3.05) is 25.9 Å². The predicted octanol–water partition coefficient (Wildman–Crippen LogP) is 0.211. The van der Waals surface area contributed by atoms with E-state index in [1.165, 1.54) is 0 Å². The van der Waals surface area contributed by atoms with Gasteiger partial charge in [-0.1, -0.05) is 0 Å². The molecule has 2 amide bonds. The topological polar surface area (TPSA) is 116 Å². The molecule has 3 N–H and O–H groups in total. The summed E-state index contributed by atoms with van der Waals surface area (Å²) in [6.45, 7) is 4.69. The predicted molar refractivity (Wildman–Crippen MR) is 79.6 cm³/mol. The SMILES string of the molecule is CC(C)N(CCCC(=O)O)C(=O)NCCCNS(C)(=O)=O. The van der Waals surface area contributed by atoms with Gasteiger partial charge in [0.05, 0.1) is 6.26 Å². The van der Waals surface area contributed by atoms with Crippen molar-refractivity contribution >= 4 is 22.0 Å². The molecular formula is C12H25N3O5S. The molecule has 0 saturated carbocycles. The Balaban J connectivity index is 4.04. The van der Waals surface area contributed by atoms with Crippen LogP contribution in [0.4, 0.5) is 4.79 Å². The minimum atomic E-state index is -3.20. The summed E-state index contributed by atoms with van der Waals surface area (Å²) in [6.07, 6.45) is 1.99. The van der Waals surface area contributed by atoms with Crippen LogP contribution in [0.1, 0.15) is 33.1 Å². The summed E-state index contributed by atoms with van der Waals surface area (Å²) in [6, 6.07) is -0.303. The summed E-state index contributed by atoms with van der Waals surface area (Å²) >= 11 is 0. The van der Waals surface area contributed by atoms with E-state index in [0.29, 0.717) is 25.9 Å². The molecule has 0 aromatic heterocycles. The Morgan fingerprint density at radius 3 is 2.29 bits per heavy atom. The van der Waals surface area contributed by atoms with E-state index in [1.807, 2.05) is 13.8 Å². The van der Waals surface area contributed by atoms with Crippen LogP contribution in [0.25, 0.3) is 0 Å². The van der Waals surface area contributed by atoms with Crippen LogP contribution in [-0.2, 0) is 14.8 Å². The van der Waals surface area contributed by atoms with Gasteiger partial charge in [0, 0.05) is 32.1 Å². The highest BCUT2D eigenvalue weighted by Gasteiger charge is 2.16. The molecule has 0 aliphatic carbocycles. The maximum Gasteiger partial charge on any atom is 0.317 e. The van der Waals surface area contributed by atoms with E-state index < -0.39 is 16.0 Å². The van der Waals surface area contributed by atoms with Crippen LogP contribution < -0.4 is 10.0 Å². The molecule has 0 bridgehead atoms. The number of carboxylic acids is 1. The van der Waals surface area contributed by atoms with Gasteiger partial charge < -0.3 is 15.3 Å². The van der Waals surface area contributed by atoms with Crippen LogP contribution in [0.15, 0.2) is 0 Å². The third kappa shape index (κ3) is 11.0. The lowest BCUT2D eigenvalue weighted by molar-refractivity contribution is -0.137. The van der Waals surface area contributed by atoms with Crippen LogP contribution in [0.3, 0.4) is 0 Å². The number of sulfonamides is 1. The molecule has 0 atom stereocenters. The van der Waals surface area contributed by atoms with Gasteiger partial charge in [-0.2, -0.15) is 0 Å². The normalized spacial score (nSPS) is 11.4. The lowest BCUT2D eigenvalue weighted by Crippen LogP contribution is -2.45. The zero-order valence-electron chi connectivity index (χ0n) is 12.8. The number of hydrogen-bond acceptors (Lipinski definition) is 4. The van der Waals surface area contributed by atoms with Crippen molar-refractivity contribution < 1.29 is 23.1 Å². The van der Waals surface area contributed by atoms with Crippen LogP contribution in [0.2, 0.25) is 0 Å². The highest BCUT2D eigenvalue weighted by atomic mass is 32.2. The molecule has 0 aliphatic rings. The van der Waals surface area contributed by atoms with Crippen LogP contribution in [0, 0.1) is 0 Å². The molecule has 0 heterocycles. The van der Waals surface area contributed by atoms with Gasteiger partial charge in [0.2, 0.25) is 10.0 Å². The number of hydrogen-bond donors (Lipinski definition) is 3. The maximum atomic E-state index is 11.9. The second-order valence-corrected chi connectivity index (χ2v) is 6.87. The third-order valence-electron chi connectivity index (χ3n) is 2.67. The first-order valence-electron chi connectivity index (χ1n) is 6.84. The molecule has 0 aromatic rings. The van der Waals surface area contributed by atoms with Crippen molar-refractivity contribution in [2.24, 2.45) is 0 Å². The lowest BCUT2D eigenvalue weighted by atomic mass is 10.2. The maximum absolute atomic E-state index is 11.9. The zero-order valence-corrected chi connectivity index (χ0v) is 13.6. The van der Waals surface area contributed by atoms with Gasteiger partial charge in [0.15, 0.2) is 0 Å². The first-order valence-corrected chi connectivity index (χ1v) is 8.73. The van der Waals surface area contributed by atoms with E-state index in [0.717, 1.165) is 6.26 Å². The number of rotatable bonds is 10. The number of aliphatic carboxylic acids is 1.